The van der Waals surface area contributed by atoms with Crippen LogP contribution in [0.15, 0.2) is 24.3 Å². The molecule has 0 aliphatic heterocycles. The average molecular weight is 385 g/mol. The van der Waals surface area contributed by atoms with Crippen LogP contribution in [0.2, 0.25) is 0 Å². The quantitative estimate of drug-likeness (QED) is 0.643. The van der Waals surface area contributed by atoms with Crippen molar-refractivity contribution in [3.05, 3.63) is 35.4 Å². The number of aryl methyl sites for hydroxylation is 1. The number of hydrogen-bond donors (Lipinski definition) is 2. The third-order valence-electron chi connectivity index (χ3n) is 4.72. The predicted molar refractivity (Wildman–Crippen MR) is 106 cm³/mol. The molecule has 0 bridgehead atoms. The molecule has 0 aliphatic carbocycles. The van der Waals surface area contributed by atoms with E-state index in [4.69, 9.17) is 18.9 Å². The zero-order chi connectivity index (χ0) is 20.4. The summed E-state index contributed by atoms with van der Waals surface area (Å²) in [6, 6.07) is 7.33. The van der Waals surface area contributed by atoms with Crippen molar-refractivity contribution in [3.8, 4) is 34.3 Å². The first-order valence-corrected chi connectivity index (χ1v) is 8.65. The molecule has 3 rings (SSSR count). The summed E-state index contributed by atoms with van der Waals surface area (Å²) in [6.07, 6.45) is -0.153. The molecule has 0 fully saturated rings. The van der Waals surface area contributed by atoms with E-state index in [2.05, 4.69) is 4.98 Å². The summed E-state index contributed by atoms with van der Waals surface area (Å²) in [4.78, 5) is 15.0. The highest BCUT2D eigenvalue weighted by atomic mass is 16.5. The summed E-state index contributed by atoms with van der Waals surface area (Å²) in [7, 11) is 6.20. The van der Waals surface area contributed by atoms with E-state index < -0.39 is 5.97 Å². The number of fused-ring (bicyclic) bond motifs is 1. The topological polar surface area (TPSA) is 90.0 Å². The monoisotopic (exact) mass is 385 g/mol. The first kappa shape index (κ1) is 19.4. The molecular formula is C21H23NO6. The molecule has 7 heteroatoms. The number of rotatable bonds is 7. The molecule has 3 aromatic rings. The van der Waals surface area contributed by atoms with Crippen LogP contribution in [-0.4, -0.2) is 44.5 Å². The Kier molecular flexibility index (Phi) is 5.35. The highest BCUT2D eigenvalue weighted by Crippen LogP contribution is 2.46. The van der Waals surface area contributed by atoms with E-state index in [1.165, 1.54) is 14.2 Å². The number of carbonyl (C=O) groups is 1. The molecule has 7 nitrogen and oxygen atoms in total. The van der Waals surface area contributed by atoms with Crippen LogP contribution in [0.1, 0.15) is 11.1 Å². The Morgan fingerprint density at radius 2 is 1.71 bits per heavy atom. The smallest absolute Gasteiger partial charge is 0.307 e. The van der Waals surface area contributed by atoms with Gasteiger partial charge in [-0.3, -0.25) is 4.79 Å². The van der Waals surface area contributed by atoms with Crippen molar-refractivity contribution in [3.63, 3.8) is 0 Å². The fraction of sp³-hybridized carbons (Fsp3) is 0.286. The van der Waals surface area contributed by atoms with Crippen molar-refractivity contribution in [2.45, 2.75) is 13.3 Å². The van der Waals surface area contributed by atoms with Crippen LogP contribution >= 0.6 is 0 Å². The SMILES string of the molecule is COc1cc(C)c2[nH]c(-c3ccc(OC)c(OC)c3OC)c(CC(=O)O)c2c1. The average Bonchev–Trinajstić information content (AvgIpc) is 3.04. The van der Waals surface area contributed by atoms with E-state index in [0.717, 1.165) is 16.5 Å². The molecule has 0 unspecified atom stereocenters. The molecule has 2 N–H and O–H groups in total. The number of benzene rings is 2. The maximum absolute atomic E-state index is 11.6. The van der Waals surface area contributed by atoms with Gasteiger partial charge in [-0.05, 0) is 42.3 Å². The summed E-state index contributed by atoms with van der Waals surface area (Å²) in [5, 5.41) is 10.3. The third-order valence-corrected chi connectivity index (χ3v) is 4.72. The zero-order valence-corrected chi connectivity index (χ0v) is 16.5. The molecule has 1 heterocycles. The lowest BCUT2D eigenvalue weighted by molar-refractivity contribution is -0.136. The Hall–Kier alpha value is -3.35. The van der Waals surface area contributed by atoms with Gasteiger partial charge in [-0.2, -0.15) is 0 Å². The number of H-pyrrole nitrogens is 1. The van der Waals surface area contributed by atoms with E-state index in [1.54, 1.807) is 20.3 Å². The van der Waals surface area contributed by atoms with E-state index in [1.807, 2.05) is 25.1 Å². The van der Waals surface area contributed by atoms with Crippen LogP contribution in [0.4, 0.5) is 0 Å². The largest absolute Gasteiger partial charge is 0.497 e. The van der Waals surface area contributed by atoms with Gasteiger partial charge in [0.15, 0.2) is 11.5 Å². The van der Waals surface area contributed by atoms with Crippen molar-refractivity contribution in [1.82, 2.24) is 4.98 Å². The molecule has 28 heavy (non-hydrogen) atoms. The second-order valence-electron chi connectivity index (χ2n) is 6.30. The minimum atomic E-state index is -0.929. The summed E-state index contributed by atoms with van der Waals surface area (Å²) >= 11 is 0. The molecule has 0 radical (unpaired) electrons. The van der Waals surface area contributed by atoms with Gasteiger partial charge in [-0.1, -0.05) is 0 Å². The van der Waals surface area contributed by atoms with E-state index in [0.29, 0.717) is 39.8 Å². The number of methoxy groups -OCH3 is 4. The van der Waals surface area contributed by atoms with Crippen LogP contribution in [-0.2, 0) is 11.2 Å². The van der Waals surface area contributed by atoms with E-state index in [9.17, 15) is 9.90 Å². The maximum atomic E-state index is 11.6. The van der Waals surface area contributed by atoms with Gasteiger partial charge in [-0.25, -0.2) is 0 Å². The Bertz CT molecular complexity index is 1040. The fourth-order valence-corrected chi connectivity index (χ4v) is 3.47. The standard InChI is InChI=1S/C21H23NO6/c1-11-8-12(25-2)9-14-15(10-17(23)24)19(22-18(11)14)13-6-7-16(26-3)21(28-5)20(13)27-4/h6-9,22H,10H2,1-5H3,(H,23,24). The summed E-state index contributed by atoms with van der Waals surface area (Å²) in [5.74, 6) is 1.17. The summed E-state index contributed by atoms with van der Waals surface area (Å²) < 4.78 is 21.8. The number of aliphatic carboxylic acids is 1. The lowest BCUT2D eigenvalue weighted by Gasteiger charge is -2.16. The summed E-state index contributed by atoms with van der Waals surface area (Å²) in [6.45, 7) is 1.95. The first-order chi connectivity index (χ1) is 13.4. The Labute approximate surface area is 162 Å². The van der Waals surface area contributed by atoms with Gasteiger partial charge in [-0.15, -0.1) is 0 Å². The van der Waals surface area contributed by atoms with Crippen molar-refractivity contribution in [2.75, 3.05) is 28.4 Å². The van der Waals surface area contributed by atoms with E-state index in [-0.39, 0.29) is 6.42 Å². The van der Waals surface area contributed by atoms with Gasteiger partial charge in [0.2, 0.25) is 5.75 Å². The molecule has 0 spiro atoms. The van der Waals surface area contributed by atoms with Gasteiger partial charge in [0.05, 0.1) is 40.6 Å². The molecule has 2 aromatic carbocycles. The Morgan fingerprint density at radius 3 is 2.29 bits per heavy atom. The molecule has 0 saturated heterocycles. The fourth-order valence-electron chi connectivity index (χ4n) is 3.47. The van der Waals surface area contributed by atoms with Crippen molar-refractivity contribution in [1.29, 1.82) is 0 Å². The number of nitrogens with one attached hydrogen (secondary N) is 1. The zero-order valence-electron chi connectivity index (χ0n) is 16.5. The number of aromatic nitrogens is 1. The minimum Gasteiger partial charge on any atom is -0.497 e. The molecule has 0 saturated carbocycles. The lowest BCUT2D eigenvalue weighted by Crippen LogP contribution is -2.02. The third kappa shape index (κ3) is 3.19. The highest BCUT2D eigenvalue weighted by Gasteiger charge is 2.23. The minimum absolute atomic E-state index is 0.153. The van der Waals surface area contributed by atoms with Gasteiger partial charge >= 0.3 is 5.97 Å². The van der Waals surface area contributed by atoms with E-state index >= 15 is 0 Å². The Morgan fingerprint density at radius 1 is 1.00 bits per heavy atom. The van der Waals surface area contributed by atoms with Gasteiger partial charge in [0.1, 0.15) is 5.75 Å². The van der Waals surface area contributed by atoms with Crippen LogP contribution in [0.5, 0.6) is 23.0 Å². The molecule has 0 aliphatic rings. The first-order valence-electron chi connectivity index (χ1n) is 8.65. The second kappa shape index (κ2) is 7.72. The second-order valence-corrected chi connectivity index (χ2v) is 6.30. The normalized spacial score (nSPS) is 10.8. The van der Waals surface area contributed by atoms with Gasteiger partial charge in [0, 0.05) is 16.5 Å². The van der Waals surface area contributed by atoms with Crippen molar-refractivity contribution >= 4 is 16.9 Å². The molecule has 148 valence electrons. The number of carboxylic acids is 1. The van der Waals surface area contributed by atoms with Gasteiger partial charge in [0.25, 0.3) is 0 Å². The number of aromatic amines is 1. The maximum Gasteiger partial charge on any atom is 0.307 e. The predicted octanol–water partition coefficient (Wildman–Crippen LogP) is 3.80. The van der Waals surface area contributed by atoms with Crippen LogP contribution < -0.4 is 18.9 Å². The number of carboxylic acid groups (broad SMARTS) is 1. The lowest BCUT2D eigenvalue weighted by atomic mass is 10.0. The number of hydrogen-bond acceptors (Lipinski definition) is 5. The van der Waals surface area contributed by atoms with Crippen molar-refractivity contribution in [2.24, 2.45) is 0 Å². The highest BCUT2D eigenvalue weighted by molar-refractivity contribution is 5.97. The number of ether oxygens (including phenoxy) is 4. The molecular weight excluding hydrogens is 362 g/mol. The van der Waals surface area contributed by atoms with Crippen molar-refractivity contribution < 1.29 is 28.8 Å². The molecule has 0 atom stereocenters. The van der Waals surface area contributed by atoms with Crippen LogP contribution in [0, 0.1) is 6.92 Å². The van der Waals surface area contributed by atoms with Gasteiger partial charge < -0.3 is 29.0 Å². The Balaban J connectivity index is 2.37. The summed E-state index contributed by atoms with van der Waals surface area (Å²) in [5.41, 5.74) is 3.79. The van der Waals surface area contributed by atoms with Crippen LogP contribution in [0.3, 0.4) is 0 Å². The molecule has 0 amide bonds. The molecule has 1 aromatic heterocycles. The van der Waals surface area contributed by atoms with Crippen LogP contribution in [0.25, 0.3) is 22.2 Å².